The van der Waals surface area contributed by atoms with Crippen molar-refractivity contribution >= 4 is 56.7 Å². The van der Waals surface area contributed by atoms with Gasteiger partial charge in [0.05, 0.1) is 33.5 Å². The Kier molecular flexibility index (Phi) is 4.24. The van der Waals surface area contributed by atoms with Gasteiger partial charge in [0, 0.05) is 0 Å². The Morgan fingerprint density at radius 2 is 1.92 bits per heavy atom. The molecule has 25 heavy (non-hydrogen) atoms. The van der Waals surface area contributed by atoms with E-state index in [-0.39, 0.29) is 35.3 Å². The highest BCUT2D eigenvalue weighted by molar-refractivity contribution is 8.01. The largest absolute Gasteiger partial charge is 0.369 e. The van der Waals surface area contributed by atoms with Crippen molar-refractivity contribution in [1.29, 1.82) is 0 Å². The summed E-state index contributed by atoms with van der Waals surface area (Å²) in [6, 6.07) is 5.43. The van der Waals surface area contributed by atoms with Gasteiger partial charge in [-0.15, -0.1) is 11.3 Å². The number of fused-ring (bicyclic) bond motifs is 2. The predicted molar refractivity (Wildman–Crippen MR) is 97.5 cm³/mol. The Hall–Kier alpha value is -1.93. The fraction of sp³-hybridized carbons (Fsp3) is 0.412. The average Bonchev–Trinajstić information content (AvgIpc) is 3.12. The number of thioether (sulfide) groups is 1. The van der Waals surface area contributed by atoms with Crippen LogP contribution in [0.1, 0.15) is 25.7 Å². The second-order valence-corrected chi connectivity index (χ2v) is 8.65. The van der Waals surface area contributed by atoms with Crippen LogP contribution in [0.5, 0.6) is 0 Å². The normalized spacial score (nSPS) is 23.3. The molecule has 2 atom stereocenters. The van der Waals surface area contributed by atoms with E-state index in [1.165, 1.54) is 28.0 Å². The van der Waals surface area contributed by atoms with Gasteiger partial charge >= 0.3 is 0 Å². The third kappa shape index (κ3) is 2.93. The van der Waals surface area contributed by atoms with Crippen molar-refractivity contribution in [2.45, 2.75) is 30.0 Å². The fourth-order valence-electron chi connectivity index (χ4n) is 3.64. The lowest BCUT2D eigenvalue weighted by molar-refractivity contribution is -0.122. The van der Waals surface area contributed by atoms with Crippen LogP contribution in [0.25, 0.3) is 10.2 Å². The number of carbonyl (C=O) groups is 3. The van der Waals surface area contributed by atoms with E-state index in [9.17, 15) is 14.4 Å². The maximum absolute atomic E-state index is 12.7. The third-order valence-electron chi connectivity index (χ3n) is 4.79. The molecule has 2 heterocycles. The fourth-order valence-corrected chi connectivity index (χ4v) is 5.48. The molecule has 130 valence electrons. The van der Waals surface area contributed by atoms with Gasteiger partial charge in [0.25, 0.3) is 0 Å². The maximum atomic E-state index is 12.7. The summed E-state index contributed by atoms with van der Waals surface area (Å²) in [7, 11) is 0. The van der Waals surface area contributed by atoms with E-state index >= 15 is 0 Å². The number of nitrogens with two attached hydrogens (primary N) is 1. The molecule has 1 aromatic carbocycles. The Morgan fingerprint density at radius 1 is 1.24 bits per heavy atom. The molecule has 0 spiro atoms. The van der Waals surface area contributed by atoms with Gasteiger partial charge in [-0.2, -0.15) is 0 Å². The van der Waals surface area contributed by atoms with E-state index in [4.69, 9.17) is 5.73 Å². The molecule has 2 N–H and O–H groups in total. The molecule has 4 rings (SSSR count). The van der Waals surface area contributed by atoms with Crippen LogP contribution in [0.3, 0.4) is 0 Å². The number of amides is 3. The highest BCUT2D eigenvalue weighted by Gasteiger charge is 2.48. The molecule has 0 unspecified atom stereocenters. The summed E-state index contributed by atoms with van der Waals surface area (Å²) < 4.78 is 1.64. The van der Waals surface area contributed by atoms with Gasteiger partial charge in [-0.1, -0.05) is 24.6 Å². The minimum Gasteiger partial charge on any atom is -0.369 e. The molecule has 1 saturated carbocycles. The van der Waals surface area contributed by atoms with Crippen LogP contribution in [0.15, 0.2) is 22.5 Å². The van der Waals surface area contributed by atoms with Gasteiger partial charge in [0.2, 0.25) is 17.7 Å². The number of aromatic nitrogens is 1. The van der Waals surface area contributed by atoms with Gasteiger partial charge in [0.1, 0.15) is 0 Å². The molecule has 3 amide bonds. The number of thiazole rings is 1. The zero-order valence-electron chi connectivity index (χ0n) is 13.4. The number of rotatable bonds is 4. The van der Waals surface area contributed by atoms with Gasteiger partial charge < -0.3 is 5.73 Å². The molecule has 0 radical (unpaired) electrons. The van der Waals surface area contributed by atoms with Crippen molar-refractivity contribution in [1.82, 2.24) is 4.98 Å². The molecule has 6 nitrogen and oxygen atoms in total. The van der Waals surface area contributed by atoms with Crippen molar-refractivity contribution in [3.63, 3.8) is 0 Å². The molecule has 1 aliphatic heterocycles. The van der Waals surface area contributed by atoms with Crippen molar-refractivity contribution in [3.8, 4) is 0 Å². The van der Waals surface area contributed by atoms with E-state index in [0.29, 0.717) is 5.69 Å². The molecule has 0 bridgehead atoms. The summed E-state index contributed by atoms with van der Waals surface area (Å²) in [4.78, 5) is 42.1. The van der Waals surface area contributed by atoms with Gasteiger partial charge in [-0.3, -0.25) is 19.3 Å². The minimum atomic E-state index is -0.388. The Bertz CT molecular complexity index is 855. The van der Waals surface area contributed by atoms with Crippen LogP contribution in [-0.4, -0.2) is 28.5 Å². The quantitative estimate of drug-likeness (QED) is 0.655. The van der Waals surface area contributed by atoms with Gasteiger partial charge in [-0.05, 0) is 31.0 Å². The summed E-state index contributed by atoms with van der Waals surface area (Å²) >= 11 is 2.73. The molecule has 1 aromatic heterocycles. The zero-order chi connectivity index (χ0) is 17.6. The van der Waals surface area contributed by atoms with Crippen LogP contribution in [0, 0.1) is 11.8 Å². The number of hydrogen-bond acceptors (Lipinski definition) is 6. The predicted octanol–water partition coefficient (Wildman–Crippen LogP) is 2.55. The van der Waals surface area contributed by atoms with E-state index in [0.717, 1.165) is 40.2 Å². The van der Waals surface area contributed by atoms with Crippen LogP contribution < -0.4 is 10.6 Å². The highest BCUT2D eigenvalue weighted by Crippen LogP contribution is 2.41. The van der Waals surface area contributed by atoms with Gasteiger partial charge in [0.15, 0.2) is 4.34 Å². The van der Waals surface area contributed by atoms with Crippen LogP contribution >= 0.6 is 23.1 Å². The summed E-state index contributed by atoms with van der Waals surface area (Å²) in [5.41, 5.74) is 6.57. The first-order valence-electron chi connectivity index (χ1n) is 8.24. The van der Waals surface area contributed by atoms with Crippen molar-refractivity contribution in [2.24, 2.45) is 17.6 Å². The smallest absolute Gasteiger partial charge is 0.237 e. The lowest BCUT2D eigenvalue weighted by Gasteiger charge is -2.19. The molecular weight excluding hydrogens is 358 g/mol. The standard InChI is InChI=1S/C17H17N3O3S2/c18-14(21)8-24-17-19-12-6-5-9(7-13(12)25-17)20-15(22)10-3-1-2-4-11(10)16(20)23/h5-7,10-11H,1-4,8H2,(H2,18,21)/t10-,11-/m0/s1. The topological polar surface area (TPSA) is 93.4 Å². The van der Waals surface area contributed by atoms with Crippen molar-refractivity contribution < 1.29 is 14.4 Å². The van der Waals surface area contributed by atoms with Crippen LogP contribution in [0.2, 0.25) is 0 Å². The monoisotopic (exact) mass is 375 g/mol. The summed E-state index contributed by atoms with van der Waals surface area (Å²) in [5.74, 6) is -0.649. The Labute approximate surface area is 152 Å². The van der Waals surface area contributed by atoms with Crippen LogP contribution in [0.4, 0.5) is 5.69 Å². The summed E-state index contributed by atoms with van der Waals surface area (Å²) in [6.07, 6.45) is 3.65. The molecule has 2 aromatic rings. The number of primary amides is 1. The second-order valence-electron chi connectivity index (χ2n) is 6.40. The van der Waals surface area contributed by atoms with Crippen molar-refractivity contribution in [3.05, 3.63) is 18.2 Å². The minimum absolute atomic E-state index is 0.0677. The van der Waals surface area contributed by atoms with Crippen molar-refractivity contribution in [2.75, 3.05) is 10.7 Å². The first kappa shape index (κ1) is 16.5. The van der Waals surface area contributed by atoms with Gasteiger partial charge in [-0.25, -0.2) is 4.98 Å². The molecular formula is C17H17N3O3S2. The lowest BCUT2D eigenvalue weighted by atomic mass is 9.81. The molecule has 2 aliphatic rings. The number of hydrogen-bond donors (Lipinski definition) is 1. The molecule has 2 fully saturated rings. The first-order valence-corrected chi connectivity index (χ1v) is 10.0. The molecule has 8 heteroatoms. The molecule has 1 saturated heterocycles. The summed E-state index contributed by atoms with van der Waals surface area (Å²) in [5, 5.41) is 0. The number of anilines is 1. The number of imide groups is 1. The Balaban J connectivity index is 1.64. The number of nitrogens with zero attached hydrogens (tertiary/aromatic N) is 2. The summed E-state index contributed by atoms with van der Waals surface area (Å²) in [6.45, 7) is 0. The van der Waals surface area contributed by atoms with E-state index < -0.39 is 0 Å². The number of carbonyl (C=O) groups excluding carboxylic acids is 3. The third-order valence-corrected chi connectivity index (χ3v) is 6.97. The Morgan fingerprint density at radius 3 is 2.56 bits per heavy atom. The lowest BCUT2D eigenvalue weighted by Crippen LogP contribution is -2.30. The van der Waals surface area contributed by atoms with E-state index in [1.807, 2.05) is 12.1 Å². The van der Waals surface area contributed by atoms with E-state index in [2.05, 4.69) is 4.98 Å². The SMILES string of the molecule is NC(=O)CSc1nc2ccc(N3C(=O)[C@H]4CCCC[C@@H]4C3=O)cc2s1. The number of benzene rings is 1. The van der Waals surface area contributed by atoms with E-state index in [1.54, 1.807) is 6.07 Å². The second kappa shape index (κ2) is 6.42. The highest BCUT2D eigenvalue weighted by atomic mass is 32.2. The molecule has 1 aliphatic carbocycles. The van der Waals surface area contributed by atoms with Crippen LogP contribution in [-0.2, 0) is 14.4 Å². The first-order chi connectivity index (χ1) is 12.0. The maximum Gasteiger partial charge on any atom is 0.237 e. The average molecular weight is 375 g/mol. The zero-order valence-corrected chi connectivity index (χ0v) is 15.1.